The van der Waals surface area contributed by atoms with E-state index >= 15 is 0 Å². The summed E-state index contributed by atoms with van der Waals surface area (Å²) in [6, 6.07) is 0.0196. The van der Waals surface area contributed by atoms with Crippen LogP contribution < -0.4 is 5.73 Å². The van der Waals surface area contributed by atoms with Crippen LogP contribution >= 0.6 is 0 Å². The second-order valence-corrected chi connectivity index (χ2v) is 3.66. The third-order valence-electron chi connectivity index (χ3n) is 2.72. The van der Waals surface area contributed by atoms with Gasteiger partial charge in [-0.25, -0.2) is 0 Å². The first-order valence-corrected chi connectivity index (χ1v) is 4.05. The number of aliphatic hydroxyl groups excluding tert-OH is 1. The minimum absolute atomic E-state index is 0.0196. The van der Waals surface area contributed by atoms with Crippen LogP contribution in [0.4, 0.5) is 0 Å². The third-order valence-corrected chi connectivity index (χ3v) is 2.72. The van der Waals surface area contributed by atoms with Crippen molar-refractivity contribution in [1.82, 2.24) is 0 Å². The molecular formula is C8H17NO. The fourth-order valence-corrected chi connectivity index (χ4v) is 1.61. The molecule has 1 aliphatic carbocycles. The summed E-state index contributed by atoms with van der Waals surface area (Å²) < 4.78 is 0. The number of hydrogen-bond donors (Lipinski definition) is 2. The van der Waals surface area contributed by atoms with Crippen LogP contribution in [0, 0.1) is 11.8 Å². The Morgan fingerprint density at radius 1 is 1.20 bits per heavy atom. The smallest absolute Gasteiger partial charge is 0.0693 e. The molecule has 4 unspecified atom stereocenters. The molecule has 1 saturated carbocycles. The molecule has 0 bridgehead atoms. The van der Waals surface area contributed by atoms with Crippen LogP contribution in [0.5, 0.6) is 0 Å². The Hall–Kier alpha value is -0.0800. The van der Waals surface area contributed by atoms with Gasteiger partial charge < -0.3 is 10.8 Å². The largest absolute Gasteiger partial charge is 0.392 e. The number of aliphatic hydroxyl groups is 1. The minimum atomic E-state index is -0.258. The summed E-state index contributed by atoms with van der Waals surface area (Å²) in [6.45, 7) is 4.39. The maximum Gasteiger partial charge on any atom is 0.0693 e. The second kappa shape index (κ2) is 2.89. The van der Waals surface area contributed by atoms with E-state index in [1.165, 1.54) is 0 Å². The minimum Gasteiger partial charge on any atom is -0.392 e. The Morgan fingerprint density at radius 3 is 2.20 bits per heavy atom. The normalized spacial score (nSPS) is 49.2. The quantitative estimate of drug-likeness (QED) is 0.525. The maximum absolute atomic E-state index is 9.34. The summed E-state index contributed by atoms with van der Waals surface area (Å²) in [7, 11) is 0. The van der Waals surface area contributed by atoms with E-state index in [0.29, 0.717) is 11.8 Å². The highest BCUT2D eigenvalue weighted by Crippen LogP contribution is 2.28. The van der Waals surface area contributed by atoms with Gasteiger partial charge in [-0.1, -0.05) is 13.8 Å². The van der Waals surface area contributed by atoms with Gasteiger partial charge in [0.15, 0.2) is 0 Å². The molecule has 3 N–H and O–H groups in total. The highest BCUT2D eigenvalue weighted by Gasteiger charge is 2.28. The number of rotatable bonds is 0. The van der Waals surface area contributed by atoms with Crippen molar-refractivity contribution in [3.63, 3.8) is 0 Å². The molecule has 0 aliphatic heterocycles. The summed E-state index contributed by atoms with van der Waals surface area (Å²) in [4.78, 5) is 0. The van der Waals surface area contributed by atoms with Crippen LogP contribution in [0.2, 0.25) is 0 Å². The SMILES string of the molecule is CC1CC(N)C(O)CC1C. The van der Waals surface area contributed by atoms with Gasteiger partial charge >= 0.3 is 0 Å². The van der Waals surface area contributed by atoms with Crippen LogP contribution in [0.3, 0.4) is 0 Å². The lowest BCUT2D eigenvalue weighted by Crippen LogP contribution is -2.42. The Labute approximate surface area is 62.4 Å². The van der Waals surface area contributed by atoms with Gasteiger partial charge in [0.25, 0.3) is 0 Å². The molecule has 2 heteroatoms. The molecule has 0 spiro atoms. The number of hydrogen-bond acceptors (Lipinski definition) is 2. The predicted molar refractivity (Wildman–Crippen MR) is 41.5 cm³/mol. The lowest BCUT2D eigenvalue weighted by molar-refractivity contribution is 0.0607. The predicted octanol–water partition coefficient (Wildman–Crippen LogP) is 0.741. The summed E-state index contributed by atoms with van der Waals surface area (Å²) in [5.41, 5.74) is 5.68. The molecule has 0 saturated heterocycles. The monoisotopic (exact) mass is 143 g/mol. The first-order valence-electron chi connectivity index (χ1n) is 4.05. The zero-order valence-electron chi connectivity index (χ0n) is 6.75. The summed E-state index contributed by atoms with van der Waals surface area (Å²) in [6.07, 6.45) is 1.59. The molecule has 0 aromatic rings. The maximum atomic E-state index is 9.34. The van der Waals surface area contributed by atoms with Crippen molar-refractivity contribution in [2.45, 2.75) is 38.8 Å². The van der Waals surface area contributed by atoms with E-state index in [1.807, 2.05) is 0 Å². The molecule has 60 valence electrons. The molecule has 2 nitrogen and oxygen atoms in total. The Balaban J connectivity index is 2.46. The second-order valence-electron chi connectivity index (χ2n) is 3.66. The topological polar surface area (TPSA) is 46.2 Å². The van der Waals surface area contributed by atoms with Crippen LogP contribution in [0.1, 0.15) is 26.7 Å². The van der Waals surface area contributed by atoms with E-state index in [4.69, 9.17) is 5.73 Å². The number of nitrogens with two attached hydrogens (primary N) is 1. The van der Waals surface area contributed by atoms with Crippen LogP contribution in [0.25, 0.3) is 0 Å². The first kappa shape index (κ1) is 8.02. The van der Waals surface area contributed by atoms with Crippen molar-refractivity contribution >= 4 is 0 Å². The van der Waals surface area contributed by atoms with Gasteiger partial charge in [-0.05, 0) is 24.7 Å². The van der Waals surface area contributed by atoms with Gasteiger partial charge in [-0.2, -0.15) is 0 Å². The van der Waals surface area contributed by atoms with E-state index in [-0.39, 0.29) is 12.1 Å². The Kier molecular flexibility index (Phi) is 2.32. The van der Waals surface area contributed by atoms with E-state index in [9.17, 15) is 5.11 Å². The van der Waals surface area contributed by atoms with E-state index < -0.39 is 0 Å². The van der Waals surface area contributed by atoms with Gasteiger partial charge in [-0.3, -0.25) is 0 Å². The molecule has 4 atom stereocenters. The van der Waals surface area contributed by atoms with Crippen molar-refractivity contribution in [3.05, 3.63) is 0 Å². The van der Waals surface area contributed by atoms with Crippen molar-refractivity contribution in [2.75, 3.05) is 0 Å². The van der Waals surface area contributed by atoms with Crippen LogP contribution in [-0.2, 0) is 0 Å². The van der Waals surface area contributed by atoms with Gasteiger partial charge in [0.1, 0.15) is 0 Å². The van der Waals surface area contributed by atoms with Gasteiger partial charge in [0.2, 0.25) is 0 Å². The first-order chi connectivity index (χ1) is 4.61. The lowest BCUT2D eigenvalue weighted by atomic mass is 9.78. The Morgan fingerprint density at radius 2 is 1.70 bits per heavy atom. The average molecular weight is 143 g/mol. The van der Waals surface area contributed by atoms with Crippen molar-refractivity contribution in [3.8, 4) is 0 Å². The molecule has 10 heavy (non-hydrogen) atoms. The summed E-state index contributed by atoms with van der Waals surface area (Å²) in [5, 5.41) is 9.34. The highest BCUT2D eigenvalue weighted by molar-refractivity contribution is 4.83. The fourth-order valence-electron chi connectivity index (χ4n) is 1.61. The van der Waals surface area contributed by atoms with Gasteiger partial charge in [0, 0.05) is 6.04 Å². The molecule has 0 aromatic heterocycles. The average Bonchev–Trinajstić information content (AvgIpc) is 1.84. The zero-order chi connectivity index (χ0) is 7.72. The molecule has 0 amide bonds. The molecule has 0 aromatic carbocycles. The molecule has 1 aliphatic rings. The van der Waals surface area contributed by atoms with E-state index in [1.54, 1.807) is 0 Å². The summed E-state index contributed by atoms with van der Waals surface area (Å²) >= 11 is 0. The molecule has 1 rings (SSSR count). The van der Waals surface area contributed by atoms with Crippen molar-refractivity contribution in [2.24, 2.45) is 17.6 Å². The van der Waals surface area contributed by atoms with Crippen molar-refractivity contribution in [1.29, 1.82) is 0 Å². The van der Waals surface area contributed by atoms with Crippen LogP contribution in [0.15, 0.2) is 0 Å². The van der Waals surface area contributed by atoms with Crippen LogP contribution in [-0.4, -0.2) is 17.3 Å². The zero-order valence-corrected chi connectivity index (χ0v) is 6.75. The van der Waals surface area contributed by atoms with Crippen molar-refractivity contribution < 1.29 is 5.11 Å². The highest BCUT2D eigenvalue weighted by atomic mass is 16.3. The molecule has 0 radical (unpaired) electrons. The van der Waals surface area contributed by atoms with Gasteiger partial charge in [0.05, 0.1) is 6.10 Å². The standard InChI is InChI=1S/C8H17NO/c1-5-3-7(9)8(10)4-6(5)2/h5-8,10H,3-4,9H2,1-2H3. The fraction of sp³-hybridized carbons (Fsp3) is 1.00. The van der Waals surface area contributed by atoms with E-state index in [2.05, 4.69) is 13.8 Å². The molecule has 1 fully saturated rings. The third kappa shape index (κ3) is 1.50. The van der Waals surface area contributed by atoms with E-state index in [0.717, 1.165) is 12.8 Å². The Bertz CT molecular complexity index is 89.8. The molecular weight excluding hydrogens is 126 g/mol. The summed E-state index contributed by atoms with van der Waals surface area (Å²) in [5.74, 6) is 1.31. The molecule has 0 heterocycles. The van der Waals surface area contributed by atoms with Gasteiger partial charge in [-0.15, -0.1) is 0 Å². The lowest BCUT2D eigenvalue weighted by Gasteiger charge is -2.33.